The zero-order valence-corrected chi connectivity index (χ0v) is 10.0. The molecule has 0 fully saturated rings. The summed E-state index contributed by atoms with van der Waals surface area (Å²) in [5.74, 6) is 1.58. The third kappa shape index (κ3) is 1.90. The molecule has 0 N–H and O–H groups in total. The molecule has 2 rings (SSSR count). The molecule has 0 aromatic heterocycles. The fraction of sp³-hybridized carbons (Fsp3) is 0.462. The summed E-state index contributed by atoms with van der Waals surface area (Å²) in [5.41, 5.74) is 3.58. The number of methoxy groups -OCH3 is 2. The summed E-state index contributed by atoms with van der Waals surface area (Å²) in [6.07, 6.45) is 2.15. The molecular formula is C13H17NO2. The predicted octanol–water partition coefficient (Wildman–Crippen LogP) is 2.46. The van der Waals surface area contributed by atoms with Gasteiger partial charge in [-0.3, -0.25) is 4.99 Å². The van der Waals surface area contributed by atoms with E-state index in [2.05, 4.69) is 18.0 Å². The molecule has 1 aromatic rings. The highest BCUT2D eigenvalue weighted by molar-refractivity contribution is 6.00. The Morgan fingerprint density at radius 2 is 1.81 bits per heavy atom. The van der Waals surface area contributed by atoms with E-state index < -0.39 is 0 Å². The molecule has 16 heavy (non-hydrogen) atoms. The van der Waals surface area contributed by atoms with Crippen LogP contribution < -0.4 is 9.47 Å². The Labute approximate surface area is 96.1 Å². The summed E-state index contributed by atoms with van der Waals surface area (Å²) >= 11 is 0. The Hall–Kier alpha value is -1.51. The van der Waals surface area contributed by atoms with Crippen LogP contribution in [0.3, 0.4) is 0 Å². The fourth-order valence-electron chi connectivity index (χ4n) is 2.07. The van der Waals surface area contributed by atoms with E-state index in [-0.39, 0.29) is 0 Å². The quantitative estimate of drug-likeness (QED) is 0.765. The SMILES string of the molecule is COc1cc2c(cc1OC)C(C)=NCCC2. The largest absolute Gasteiger partial charge is 0.493 e. The van der Waals surface area contributed by atoms with E-state index in [0.29, 0.717) is 0 Å². The van der Waals surface area contributed by atoms with Crippen LogP contribution in [0.15, 0.2) is 17.1 Å². The number of aryl methyl sites for hydroxylation is 1. The number of rotatable bonds is 2. The van der Waals surface area contributed by atoms with Crippen LogP contribution in [0.1, 0.15) is 24.5 Å². The van der Waals surface area contributed by atoms with Crippen molar-refractivity contribution in [2.45, 2.75) is 19.8 Å². The first-order valence-corrected chi connectivity index (χ1v) is 5.52. The molecule has 86 valence electrons. The fourth-order valence-corrected chi connectivity index (χ4v) is 2.07. The van der Waals surface area contributed by atoms with Gasteiger partial charge >= 0.3 is 0 Å². The molecule has 0 saturated carbocycles. The van der Waals surface area contributed by atoms with E-state index in [1.54, 1.807) is 14.2 Å². The van der Waals surface area contributed by atoms with Crippen molar-refractivity contribution in [2.75, 3.05) is 20.8 Å². The van der Waals surface area contributed by atoms with Crippen LogP contribution in [-0.2, 0) is 6.42 Å². The van der Waals surface area contributed by atoms with Gasteiger partial charge < -0.3 is 9.47 Å². The lowest BCUT2D eigenvalue weighted by Gasteiger charge is -2.13. The number of benzene rings is 1. The number of nitrogens with zero attached hydrogens (tertiary/aromatic N) is 1. The van der Waals surface area contributed by atoms with Crippen LogP contribution in [-0.4, -0.2) is 26.5 Å². The van der Waals surface area contributed by atoms with Crippen molar-refractivity contribution in [3.05, 3.63) is 23.3 Å². The van der Waals surface area contributed by atoms with Crippen molar-refractivity contribution in [3.8, 4) is 11.5 Å². The maximum atomic E-state index is 5.31. The molecule has 1 aliphatic rings. The van der Waals surface area contributed by atoms with Crippen LogP contribution >= 0.6 is 0 Å². The molecule has 0 radical (unpaired) electrons. The molecule has 0 unspecified atom stereocenters. The van der Waals surface area contributed by atoms with E-state index in [9.17, 15) is 0 Å². The van der Waals surface area contributed by atoms with Gasteiger partial charge in [-0.1, -0.05) is 0 Å². The molecular weight excluding hydrogens is 202 g/mol. The minimum absolute atomic E-state index is 0.776. The second-order valence-electron chi connectivity index (χ2n) is 3.94. The zero-order valence-electron chi connectivity index (χ0n) is 10.0. The minimum atomic E-state index is 0.776. The van der Waals surface area contributed by atoms with E-state index >= 15 is 0 Å². The highest BCUT2D eigenvalue weighted by Gasteiger charge is 2.14. The number of hydrogen-bond acceptors (Lipinski definition) is 3. The van der Waals surface area contributed by atoms with Crippen LogP contribution in [0, 0.1) is 0 Å². The Balaban J connectivity index is 2.55. The number of aliphatic imine (C=N–C) groups is 1. The Kier molecular flexibility index (Phi) is 3.13. The molecule has 1 heterocycles. The van der Waals surface area contributed by atoms with Gasteiger partial charge in [0.25, 0.3) is 0 Å². The lowest BCUT2D eigenvalue weighted by atomic mass is 10.00. The van der Waals surface area contributed by atoms with Gasteiger partial charge in [-0.15, -0.1) is 0 Å². The molecule has 3 nitrogen and oxygen atoms in total. The molecule has 0 bridgehead atoms. The molecule has 1 aromatic carbocycles. The molecule has 1 aliphatic heterocycles. The Morgan fingerprint density at radius 3 is 2.50 bits per heavy atom. The van der Waals surface area contributed by atoms with Crippen molar-refractivity contribution >= 4 is 5.71 Å². The van der Waals surface area contributed by atoms with Gasteiger partial charge in [-0.2, -0.15) is 0 Å². The highest BCUT2D eigenvalue weighted by Crippen LogP contribution is 2.32. The van der Waals surface area contributed by atoms with Gasteiger partial charge in [-0.05, 0) is 37.5 Å². The van der Waals surface area contributed by atoms with Crippen molar-refractivity contribution in [3.63, 3.8) is 0 Å². The standard InChI is InChI=1S/C13H17NO2/c1-9-11-8-13(16-3)12(15-2)7-10(11)5-4-6-14-9/h7-8H,4-6H2,1-3H3. The number of ether oxygens (including phenoxy) is 2. The monoisotopic (exact) mass is 219 g/mol. The van der Waals surface area contributed by atoms with Gasteiger partial charge in [0.1, 0.15) is 0 Å². The Morgan fingerprint density at radius 1 is 1.12 bits per heavy atom. The summed E-state index contributed by atoms with van der Waals surface area (Å²) in [6, 6.07) is 4.09. The van der Waals surface area contributed by atoms with Gasteiger partial charge in [0.2, 0.25) is 0 Å². The van der Waals surface area contributed by atoms with Crippen molar-refractivity contribution < 1.29 is 9.47 Å². The van der Waals surface area contributed by atoms with Crippen molar-refractivity contribution in [2.24, 2.45) is 4.99 Å². The van der Waals surface area contributed by atoms with Crippen molar-refractivity contribution in [1.29, 1.82) is 0 Å². The van der Waals surface area contributed by atoms with Gasteiger partial charge in [0, 0.05) is 17.8 Å². The first kappa shape index (κ1) is 11.0. The maximum Gasteiger partial charge on any atom is 0.161 e. The highest BCUT2D eigenvalue weighted by atomic mass is 16.5. The molecule has 0 saturated heterocycles. The summed E-state index contributed by atoms with van der Waals surface area (Å²) in [6.45, 7) is 2.96. The van der Waals surface area contributed by atoms with E-state index in [0.717, 1.165) is 36.6 Å². The normalized spacial score (nSPS) is 14.8. The average molecular weight is 219 g/mol. The third-order valence-corrected chi connectivity index (χ3v) is 2.95. The smallest absolute Gasteiger partial charge is 0.161 e. The van der Waals surface area contributed by atoms with Gasteiger partial charge in [-0.25, -0.2) is 0 Å². The second kappa shape index (κ2) is 4.56. The van der Waals surface area contributed by atoms with Gasteiger partial charge in [0.05, 0.1) is 14.2 Å². The molecule has 0 atom stereocenters. The van der Waals surface area contributed by atoms with E-state index in [1.165, 1.54) is 11.1 Å². The summed E-state index contributed by atoms with van der Waals surface area (Å²) in [4.78, 5) is 4.52. The Bertz CT molecular complexity index is 424. The summed E-state index contributed by atoms with van der Waals surface area (Å²) in [7, 11) is 3.33. The van der Waals surface area contributed by atoms with E-state index in [1.807, 2.05) is 6.07 Å². The third-order valence-electron chi connectivity index (χ3n) is 2.95. The van der Waals surface area contributed by atoms with Crippen LogP contribution in [0.4, 0.5) is 0 Å². The van der Waals surface area contributed by atoms with Crippen LogP contribution in [0.25, 0.3) is 0 Å². The number of fused-ring (bicyclic) bond motifs is 1. The first-order chi connectivity index (χ1) is 7.76. The van der Waals surface area contributed by atoms with Crippen LogP contribution in [0.5, 0.6) is 11.5 Å². The maximum absolute atomic E-state index is 5.31. The summed E-state index contributed by atoms with van der Waals surface area (Å²) < 4.78 is 10.6. The lowest BCUT2D eigenvalue weighted by Crippen LogP contribution is -2.01. The van der Waals surface area contributed by atoms with Crippen molar-refractivity contribution in [1.82, 2.24) is 0 Å². The predicted molar refractivity (Wildman–Crippen MR) is 64.9 cm³/mol. The first-order valence-electron chi connectivity index (χ1n) is 5.52. The minimum Gasteiger partial charge on any atom is -0.493 e. The molecule has 3 heteroatoms. The molecule has 0 spiro atoms. The second-order valence-corrected chi connectivity index (χ2v) is 3.94. The lowest BCUT2D eigenvalue weighted by molar-refractivity contribution is 0.354. The summed E-state index contributed by atoms with van der Waals surface area (Å²) in [5, 5.41) is 0. The molecule has 0 amide bonds. The topological polar surface area (TPSA) is 30.8 Å². The molecule has 0 aliphatic carbocycles. The number of hydrogen-bond donors (Lipinski definition) is 0. The van der Waals surface area contributed by atoms with Gasteiger partial charge in [0.15, 0.2) is 11.5 Å². The van der Waals surface area contributed by atoms with Crippen LogP contribution in [0.2, 0.25) is 0 Å². The van der Waals surface area contributed by atoms with E-state index in [4.69, 9.17) is 9.47 Å². The zero-order chi connectivity index (χ0) is 11.5. The average Bonchev–Trinajstić information content (AvgIpc) is 2.49.